The second kappa shape index (κ2) is 11.2. The molecule has 0 fully saturated rings. The number of benzene rings is 6. The van der Waals surface area contributed by atoms with Gasteiger partial charge in [-0.25, -0.2) is 9.97 Å². The fourth-order valence-corrected chi connectivity index (χ4v) is 8.71. The van der Waals surface area contributed by atoms with E-state index < -0.39 is 0 Å². The Labute approximate surface area is 298 Å². The van der Waals surface area contributed by atoms with Crippen LogP contribution >= 0.6 is 0 Å². The largest absolute Gasteiger partial charge is 0.309 e. The number of aromatic nitrogens is 3. The maximum absolute atomic E-state index is 5.11. The van der Waals surface area contributed by atoms with E-state index in [1.54, 1.807) is 5.57 Å². The van der Waals surface area contributed by atoms with Crippen LogP contribution < -0.4 is 0 Å². The van der Waals surface area contributed by atoms with E-state index in [9.17, 15) is 0 Å². The van der Waals surface area contributed by atoms with Crippen molar-refractivity contribution >= 4 is 38.2 Å². The standard InChI is InChI=1S/C48H37N3/c1-30-18-24-37-38-25-26-39-44-36-17-11-10-12-31(36)21-27-43(44)51(46(39)45(38)48(2,3)40(37)28-30)35-22-19-33(20-23-35)42-29-41(32-13-6-4-7-14-32)49-47(50-42)34-15-8-5-9-16-34/h4-27,29-30H,28H2,1-3H3. The zero-order chi connectivity index (χ0) is 34.3. The van der Waals surface area contributed by atoms with Crippen LogP contribution in [0.25, 0.3) is 77.7 Å². The van der Waals surface area contributed by atoms with Crippen molar-refractivity contribution in [3.63, 3.8) is 0 Å². The molecule has 2 aliphatic rings. The molecule has 0 spiro atoms. The molecular weight excluding hydrogens is 619 g/mol. The number of allylic oxidation sites excluding steroid dienone is 4. The summed E-state index contributed by atoms with van der Waals surface area (Å²) in [6.45, 7) is 7.21. The number of nitrogens with zero attached hydrogens (tertiary/aromatic N) is 3. The van der Waals surface area contributed by atoms with E-state index in [1.165, 1.54) is 49.3 Å². The van der Waals surface area contributed by atoms with E-state index in [1.807, 2.05) is 24.3 Å². The van der Waals surface area contributed by atoms with Crippen LogP contribution in [-0.2, 0) is 5.41 Å². The molecule has 1 unspecified atom stereocenters. The van der Waals surface area contributed by atoms with Gasteiger partial charge in [0, 0.05) is 38.6 Å². The number of rotatable bonds is 4. The SMILES string of the molecule is CC1C=CC2=C(C1)C(C)(C)c1c2ccc2c3c4ccccc4ccc3n(-c3ccc(-c4cc(-c5ccccc5)nc(-c5ccccc5)n4)cc3)c12. The first-order valence-corrected chi connectivity index (χ1v) is 18.0. The zero-order valence-corrected chi connectivity index (χ0v) is 29.1. The molecule has 8 aromatic rings. The third-order valence-electron chi connectivity index (χ3n) is 11.2. The lowest BCUT2D eigenvalue weighted by molar-refractivity contribution is 0.568. The summed E-state index contributed by atoms with van der Waals surface area (Å²) in [5.74, 6) is 1.27. The molecule has 2 aliphatic carbocycles. The average molecular weight is 656 g/mol. The topological polar surface area (TPSA) is 30.7 Å². The van der Waals surface area contributed by atoms with Crippen LogP contribution in [0.15, 0.2) is 157 Å². The molecule has 0 saturated carbocycles. The van der Waals surface area contributed by atoms with Crippen molar-refractivity contribution in [2.24, 2.45) is 5.92 Å². The predicted octanol–water partition coefficient (Wildman–Crippen LogP) is 12.4. The van der Waals surface area contributed by atoms with Crippen LogP contribution in [0.2, 0.25) is 0 Å². The van der Waals surface area contributed by atoms with Crippen LogP contribution in [-0.4, -0.2) is 14.5 Å². The molecule has 0 bridgehead atoms. The summed E-state index contributed by atoms with van der Waals surface area (Å²) >= 11 is 0. The third-order valence-corrected chi connectivity index (χ3v) is 11.2. The molecule has 244 valence electrons. The molecule has 3 heteroatoms. The van der Waals surface area contributed by atoms with Gasteiger partial charge in [0.2, 0.25) is 0 Å². The lowest BCUT2D eigenvalue weighted by atomic mass is 9.76. The summed E-state index contributed by atoms with van der Waals surface area (Å²) < 4.78 is 2.53. The summed E-state index contributed by atoms with van der Waals surface area (Å²) in [5.41, 5.74) is 14.3. The highest BCUT2D eigenvalue weighted by Crippen LogP contribution is 2.54. The highest BCUT2D eigenvalue weighted by atomic mass is 15.0. The van der Waals surface area contributed by atoms with Gasteiger partial charge in [-0.1, -0.05) is 154 Å². The molecular formula is C48H37N3. The van der Waals surface area contributed by atoms with Crippen molar-refractivity contribution in [2.75, 3.05) is 0 Å². The van der Waals surface area contributed by atoms with Gasteiger partial charge in [0.1, 0.15) is 0 Å². The minimum atomic E-state index is -0.0896. The second-order valence-corrected chi connectivity index (χ2v) is 14.7. The molecule has 2 aromatic heterocycles. The van der Waals surface area contributed by atoms with Crippen molar-refractivity contribution in [3.05, 3.63) is 168 Å². The first-order valence-electron chi connectivity index (χ1n) is 18.0. The van der Waals surface area contributed by atoms with E-state index in [-0.39, 0.29) is 5.41 Å². The van der Waals surface area contributed by atoms with E-state index in [4.69, 9.17) is 9.97 Å². The lowest BCUT2D eigenvalue weighted by Gasteiger charge is -2.28. The highest BCUT2D eigenvalue weighted by molar-refractivity contribution is 6.22. The molecule has 0 N–H and O–H groups in total. The number of hydrogen-bond acceptors (Lipinski definition) is 2. The van der Waals surface area contributed by atoms with Gasteiger partial charge in [-0.3, -0.25) is 0 Å². The molecule has 10 rings (SSSR count). The van der Waals surface area contributed by atoms with Gasteiger partial charge in [-0.2, -0.15) is 0 Å². The molecule has 6 aromatic carbocycles. The van der Waals surface area contributed by atoms with E-state index in [0.29, 0.717) is 5.92 Å². The van der Waals surface area contributed by atoms with Gasteiger partial charge >= 0.3 is 0 Å². The Morgan fingerprint density at radius 2 is 1.31 bits per heavy atom. The van der Waals surface area contributed by atoms with Crippen LogP contribution in [0.4, 0.5) is 0 Å². The molecule has 1 atom stereocenters. The minimum Gasteiger partial charge on any atom is -0.309 e. The number of fused-ring (bicyclic) bond motifs is 8. The van der Waals surface area contributed by atoms with E-state index in [0.717, 1.165) is 46.0 Å². The van der Waals surface area contributed by atoms with Crippen molar-refractivity contribution < 1.29 is 0 Å². The summed E-state index contributed by atoms with van der Waals surface area (Å²) in [7, 11) is 0. The van der Waals surface area contributed by atoms with Crippen LogP contribution in [0.1, 0.15) is 38.3 Å². The van der Waals surface area contributed by atoms with Gasteiger partial charge in [-0.15, -0.1) is 0 Å². The Morgan fingerprint density at radius 3 is 2.06 bits per heavy atom. The normalized spacial score (nSPS) is 16.3. The molecule has 2 heterocycles. The van der Waals surface area contributed by atoms with E-state index in [2.05, 4.69) is 153 Å². The highest BCUT2D eigenvalue weighted by Gasteiger charge is 2.41. The first-order chi connectivity index (χ1) is 25.0. The van der Waals surface area contributed by atoms with Gasteiger partial charge in [0.05, 0.1) is 22.4 Å². The first kappa shape index (κ1) is 29.8. The average Bonchev–Trinajstić information content (AvgIpc) is 3.63. The van der Waals surface area contributed by atoms with E-state index >= 15 is 0 Å². The van der Waals surface area contributed by atoms with Gasteiger partial charge in [-0.05, 0) is 64.1 Å². The second-order valence-electron chi connectivity index (χ2n) is 14.7. The third kappa shape index (κ3) is 4.58. The smallest absolute Gasteiger partial charge is 0.160 e. The lowest BCUT2D eigenvalue weighted by Crippen LogP contribution is -2.20. The van der Waals surface area contributed by atoms with Crippen LogP contribution in [0, 0.1) is 5.92 Å². The van der Waals surface area contributed by atoms with Crippen LogP contribution in [0.3, 0.4) is 0 Å². The summed E-state index contributed by atoms with van der Waals surface area (Å²) in [6.07, 6.45) is 5.87. The summed E-state index contributed by atoms with van der Waals surface area (Å²) in [4.78, 5) is 10.1. The van der Waals surface area contributed by atoms with Crippen molar-refractivity contribution in [1.82, 2.24) is 14.5 Å². The Hall–Kier alpha value is -6.06. The zero-order valence-electron chi connectivity index (χ0n) is 29.1. The van der Waals surface area contributed by atoms with Crippen molar-refractivity contribution in [1.29, 1.82) is 0 Å². The van der Waals surface area contributed by atoms with Crippen molar-refractivity contribution in [2.45, 2.75) is 32.6 Å². The van der Waals surface area contributed by atoms with Crippen LogP contribution in [0.5, 0.6) is 0 Å². The van der Waals surface area contributed by atoms with Gasteiger partial charge in [0.15, 0.2) is 5.82 Å². The monoisotopic (exact) mass is 655 g/mol. The Kier molecular flexibility index (Phi) is 6.57. The molecule has 51 heavy (non-hydrogen) atoms. The molecule has 0 aliphatic heterocycles. The quantitative estimate of drug-likeness (QED) is 0.189. The maximum atomic E-state index is 5.11. The molecule has 0 amide bonds. The Bertz CT molecular complexity index is 2670. The summed E-state index contributed by atoms with van der Waals surface area (Å²) in [5, 5.41) is 5.18. The minimum absolute atomic E-state index is 0.0896. The van der Waals surface area contributed by atoms with Crippen molar-refractivity contribution in [3.8, 4) is 39.6 Å². The predicted molar refractivity (Wildman–Crippen MR) is 213 cm³/mol. The Balaban J connectivity index is 1.19. The summed E-state index contributed by atoms with van der Waals surface area (Å²) in [6, 6.07) is 49.9. The van der Waals surface area contributed by atoms with Gasteiger partial charge < -0.3 is 4.57 Å². The van der Waals surface area contributed by atoms with Gasteiger partial charge in [0.25, 0.3) is 0 Å². The molecule has 3 nitrogen and oxygen atoms in total. The fraction of sp³-hybridized carbons (Fsp3) is 0.125. The molecule has 0 saturated heterocycles. The number of hydrogen-bond donors (Lipinski definition) is 0. The maximum Gasteiger partial charge on any atom is 0.160 e. The molecule has 0 radical (unpaired) electrons. The fourth-order valence-electron chi connectivity index (χ4n) is 8.71. The Morgan fingerprint density at radius 1 is 0.647 bits per heavy atom.